The minimum absolute atomic E-state index is 0.313. The summed E-state index contributed by atoms with van der Waals surface area (Å²) in [6, 6.07) is 6.17. The quantitative estimate of drug-likeness (QED) is 0.640. The molecule has 2 rings (SSSR count). The number of rotatable bonds is 8. The third-order valence-electron chi connectivity index (χ3n) is 3.85. The molecule has 0 heterocycles. The summed E-state index contributed by atoms with van der Waals surface area (Å²) in [6.45, 7) is -0.0174. The maximum absolute atomic E-state index is 13.5. The number of ether oxygens (including phenoxy) is 2. The number of carbonyl (C=O) groups excluding carboxylic acids is 2. The standard InChI is InChI=1S/C19H19BrF2N2O4/c1-27-16-7-11(14(20)9-17(16)28-2)5-6-23-18(25)10-24-19(26)13-4-3-12(21)8-15(13)22/h3-4,7-9H,5-6,10H2,1-2H3,(H,23,25)(H,24,26). The van der Waals surface area contributed by atoms with Gasteiger partial charge in [0.1, 0.15) is 11.6 Å². The second-order valence-corrected chi connectivity index (χ2v) is 6.56. The highest BCUT2D eigenvalue weighted by Gasteiger charge is 2.14. The maximum Gasteiger partial charge on any atom is 0.254 e. The Kier molecular flexibility index (Phi) is 7.74. The van der Waals surface area contributed by atoms with E-state index >= 15 is 0 Å². The molecule has 0 atom stereocenters. The van der Waals surface area contributed by atoms with E-state index in [1.165, 1.54) is 14.2 Å². The van der Waals surface area contributed by atoms with Gasteiger partial charge in [-0.15, -0.1) is 0 Å². The molecule has 0 spiro atoms. The predicted molar refractivity (Wildman–Crippen MR) is 103 cm³/mol. The first-order valence-electron chi connectivity index (χ1n) is 8.26. The van der Waals surface area contributed by atoms with Gasteiger partial charge in [-0.05, 0) is 36.2 Å². The van der Waals surface area contributed by atoms with Crippen LogP contribution < -0.4 is 20.1 Å². The molecule has 0 aliphatic heterocycles. The molecule has 0 bridgehead atoms. The van der Waals surface area contributed by atoms with Crippen LogP contribution in [0.1, 0.15) is 15.9 Å². The van der Waals surface area contributed by atoms with Crippen LogP contribution in [0.4, 0.5) is 8.78 Å². The molecule has 150 valence electrons. The van der Waals surface area contributed by atoms with E-state index in [9.17, 15) is 18.4 Å². The number of nitrogens with one attached hydrogen (secondary N) is 2. The van der Waals surface area contributed by atoms with E-state index in [0.29, 0.717) is 30.5 Å². The van der Waals surface area contributed by atoms with E-state index in [2.05, 4.69) is 26.6 Å². The number of carbonyl (C=O) groups is 2. The predicted octanol–water partition coefficient (Wildman–Crippen LogP) is 2.83. The normalized spacial score (nSPS) is 10.3. The Labute approximate surface area is 169 Å². The molecule has 6 nitrogen and oxygen atoms in total. The lowest BCUT2D eigenvalue weighted by Gasteiger charge is -2.12. The molecule has 2 amide bonds. The molecule has 0 aliphatic carbocycles. The second kappa shape index (κ2) is 10.0. The summed E-state index contributed by atoms with van der Waals surface area (Å²) >= 11 is 3.44. The van der Waals surface area contributed by atoms with Gasteiger partial charge in [0.15, 0.2) is 11.5 Å². The van der Waals surface area contributed by atoms with Gasteiger partial charge in [0.05, 0.1) is 26.3 Å². The molecule has 2 aromatic rings. The van der Waals surface area contributed by atoms with Crippen LogP contribution in [-0.4, -0.2) is 39.1 Å². The first-order chi connectivity index (χ1) is 13.3. The molecular formula is C19H19BrF2N2O4. The van der Waals surface area contributed by atoms with Crippen LogP contribution >= 0.6 is 15.9 Å². The van der Waals surface area contributed by atoms with E-state index in [-0.39, 0.29) is 12.1 Å². The SMILES string of the molecule is COc1cc(Br)c(CCNC(=O)CNC(=O)c2ccc(F)cc2F)cc1OC. The Balaban J connectivity index is 1.84. The van der Waals surface area contributed by atoms with Gasteiger partial charge < -0.3 is 20.1 Å². The molecule has 0 radical (unpaired) electrons. The Bertz CT molecular complexity index is 877. The van der Waals surface area contributed by atoms with Crippen LogP contribution in [0, 0.1) is 11.6 Å². The van der Waals surface area contributed by atoms with Crippen molar-refractivity contribution >= 4 is 27.7 Å². The summed E-state index contributed by atoms with van der Waals surface area (Å²) in [4.78, 5) is 23.7. The van der Waals surface area contributed by atoms with E-state index in [1.54, 1.807) is 12.1 Å². The van der Waals surface area contributed by atoms with Crippen molar-refractivity contribution in [2.24, 2.45) is 0 Å². The fourth-order valence-electron chi connectivity index (χ4n) is 2.42. The van der Waals surface area contributed by atoms with Crippen molar-refractivity contribution in [3.63, 3.8) is 0 Å². The fourth-order valence-corrected chi connectivity index (χ4v) is 2.94. The lowest BCUT2D eigenvalue weighted by atomic mass is 10.1. The van der Waals surface area contributed by atoms with Crippen LogP contribution in [0.2, 0.25) is 0 Å². The lowest BCUT2D eigenvalue weighted by Crippen LogP contribution is -2.38. The van der Waals surface area contributed by atoms with E-state index in [4.69, 9.17) is 9.47 Å². The third-order valence-corrected chi connectivity index (χ3v) is 4.59. The number of halogens is 3. The van der Waals surface area contributed by atoms with E-state index in [1.807, 2.05) is 0 Å². The van der Waals surface area contributed by atoms with Gasteiger partial charge in [-0.1, -0.05) is 15.9 Å². The average molecular weight is 457 g/mol. The molecule has 2 aromatic carbocycles. The van der Waals surface area contributed by atoms with Crippen LogP contribution in [-0.2, 0) is 11.2 Å². The van der Waals surface area contributed by atoms with Crippen LogP contribution in [0.5, 0.6) is 11.5 Å². The maximum atomic E-state index is 13.5. The minimum Gasteiger partial charge on any atom is -0.493 e. The zero-order valence-electron chi connectivity index (χ0n) is 15.3. The van der Waals surface area contributed by atoms with Gasteiger partial charge in [-0.25, -0.2) is 8.78 Å². The molecular weight excluding hydrogens is 438 g/mol. The number of amides is 2. The smallest absolute Gasteiger partial charge is 0.254 e. The molecule has 2 N–H and O–H groups in total. The van der Waals surface area contributed by atoms with Gasteiger partial charge in [0.2, 0.25) is 5.91 Å². The van der Waals surface area contributed by atoms with Crippen molar-refractivity contribution in [2.45, 2.75) is 6.42 Å². The highest BCUT2D eigenvalue weighted by molar-refractivity contribution is 9.10. The Hall–Kier alpha value is -2.68. The van der Waals surface area contributed by atoms with E-state index in [0.717, 1.165) is 22.2 Å². The zero-order chi connectivity index (χ0) is 20.7. The largest absolute Gasteiger partial charge is 0.493 e. The lowest BCUT2D eigenvalue weighted by molar-refractivity contribution is -0.120. The summed E-state index contributed by atoms with van der Waals surface area (Å²) in [6.07, 6.45) is 0.507. The zero-order valence-corrected chi connectivity index (χ0v) is 16.9. The molecule has 0 unspecified atom stereocenters. The van der Waals surface area contributed by atoms with Crippen molar-refractivity contribution in [2.75, 3.05) is 27.3 Å². The van der Waals surface area contributed by atoms with E-state index < -0.39 is 23.4 Å². The summed E-state index contributed by atoms with van der Waals surface area (Å²) in [5.74, 6) is -1.86. The molecule has 9 heteroatoms. The van der Waals surface area contributed by atoms with Gasteiger partial charge in [0.25, 0.3) is 5.91 Å². The molecule has 0 saturated carbocycles. The Morgan fingerprint density at radius 1 is 1.04 bits per heavy atom. The van der Waals surface area contributed by atoms with Crippen molar-refractivity contribution in [1.82, 2.24) is 10.6 Å². The summed E-state index contributed by atoms with van der Waals surface area (Å²) in [7, 11) is 3.07. The van der Waals surface area contributed by atoms with Gasteiger partial charge >= 0.3 is 0 Å². The minimum atomic E-state index is -0.990. The van der Waals surface area contributed by atoms with Gasteiger partial charge in [-0.2, -0.15) is 0 Å². The number of methoxy groups -OCH3 is 2. The first-order valence-corrected chi connectivity index (χ1v) is 9.05. The van der Waals surface area contributed by atoms with Gasteiger partial charge in [0, 0.05) is 17.1 Å². The topological polar surface area (TPSA) is 76.7 Å². The van der Waals surface area contributed by atoms with Crippen molar-refractivity contribution < 1.29 is 27.8 Å². The summed E-state index contributed by atoms with van der Waals surface area (Å²) in [5.41, 5.74) is 0.568. The fraction of sp³-hybridized carbons (Fsp3) is 0.263. The van der Waals surface area contributed by atoms with Crippen LogP contribution in [0.3, 0.4) is 0 Å². The molecule has 28 heavy (non-hydrogen) atoms. The van der Waals surface area contributed by atoms with Crippen molar-refractivity contribution in [3.05, 3.63) is 57.6 Å². The molecule has 0 aliphatic rings. The van der Waals surface area contributed by atoms with Crippen LogP contribution in [0.15, 0.2) is 34.8 Å². The Morgan fingerprint density at radius 2 is 1.71 bits per heavy atom. The monoisotopic (exact) mass is 456 g/mol. The molecule has 0 aromatic heterocycles. The van der Waals surface area contributed by atoms with Crippen molar-refractivity contribution in [1.29, 1.82) is 0 Å². The summed E-state index contributed by atoms with van der Waals surface area (Å²) < 4.78 is 37.7. The van der Waals surface area contributed by atoms with Crippen molar-refractivity contribution in [3.8, 4) is 11.5 Å². The third kappa shape index (κ3) is 5.66. The number of hydrogen-bond acceptors (Lipinski definition) is 4. The first kappa shape index (κ1) is 21.6. The second-order valence-electron chi connectivity index (χ2n) is 5.71. The Morgan fingerprint density at radius 3 is 2.36 bits per heavy atom. The summed E-state index contributed by atoms with van der Waals surface area (Å²) in [5, 5.41) is 4.95. The highest BCUT2D eigenvalue weighted by Crippen LogP contribution is 2.33. The highest BCUT2D eigenvalue weighted by atomic mass is 79.9. The average Bonchev–Trinajstić information content (AvgIpc) is 2.67. The number of benzene rings is 2. The van der Waals surface area contributed by atoms with Crippen LogP contribution in [0.25, 0.3) is 0 Å². The molecule has 0 saturated heterocycles. The molecule has 0 fully saturated rings. The number of hydrogen-bond donors (Lipinski definition) is 2. The van der Waals surface area contributed by atoms with Gasteiger partial charge in [-0.3, -0.25) is 9.59 Å².